The Bertz CT molecular complexity index is 573. The van der Waals surface area contributed by atoms with Crippen molar-refractivity contribution in [1.82, 2.24) is 20.0 Å². The van der Waals surface area contributed by atoms with Crippen molar-refractivity contribution in [2.45, 2.75) is 0 Å². The van der Waals surface area contributed by atoms with E-state index in [-0.39, 0.29) is 18.4 Å². The summed E-state index contributed by atoms with van der Waals surface area (Å²) < 4.78 is 5.74. The van der Waals surface area contributed by atoms with Gasteiger partial charge in [-0.25, -0.2) is 0 Å². The van der Waals surface area contributed by atoms with Gasteiger partial charge in [0.2, 0.25) is 11.8 Å². The van der Waals surface area contributed by atoms with Crippen molar-refractivity contribution in [1.29, 1.82) is 0 Å². The molecule has 0 saturated carbocycles. The number of amides is 2. The summed E-state index contributed by atoms with van der Waals surface area (Å²) in [6, 6.07) is 9.84. The van der Waals surface area contributed by atoms with E-state index in [1.165, 1.54) is 0 Å². The van der Waals surface area contributed by atoms with Gasteiger partial charge in [0.15, 0.2) is 0 Å². The molecule has 1 N–H and O–H groups in total. The number of para-hydroxylation sites is 1. The molecule has 3 rings (SSSR count). The van der Waals surface area contributed by atoms with Crippen LogP contribution < -0.4 is 10.1 Å². The van der Waals surface area contributed by atoms with Crippen molar-refractivity contribution in [3.63, 3.8) is 0 Å². The first-order valence-corrected chi connectivity index (χ1v) is 8.88. The number of nitrogens with one attached hydrogen (secondary N) is 1. The summed E-state index contributed by atoms with van der Waals surface area (Å²) in [5, 5.41) is 2.74. The van der Waals surface area contributed by atoms with Gasteiger partial charge in [-0.2, -0.15) is 0 Å². The summed E-state index contributed by atoms with van der Waals surface area (Å²) in [4.78, 5) is 29.9. The summed E-state index contributed by atoms with van der Waals surface area (Å²) in [5.41, 5.74) is 0. The molecule has 2 amide bonds. The quantitative estimate of drug-likeness (QED) is 0.762. The molecule has 2 fully saturated rings. The molecule has 2 aliphatic rings. The molecule has 2 aliphatic heterocycles. The number of carbonyl (C=O) groups excluding carboxylic acids is 2. The van der Waals surface area contributed by atoms with E-state index < -0.39 is 0 Å². The topological polar surface area (TPSA) is 65.1 Å². The largest absolute Gasteiger partial charge is 0.492 e. The van der Waals surface area contributed by atoms with Crippen molar-refractivity contribution < 1.29 is 14.3 Å². The second-order valence-electron chi connectivity index (χ2n) is 6.44. The zero-order valence-electron chi connectivity index (χ0n) is 14.5. The Balaban J connectivity index is 1.33. The number of rotatable bonds is 6. The second-order valence-corrected chi connectivity index (χ2v) is 6.44. The Kier molecular flexibility index (Phi) is 6.25. The maximum absolute atomic E-state index is 12.3. The molecule has 7 heteroatoms. The number of carbonyl (C=O) groups is 2. The van der Waals surface area contributed by atoms with Gasteiger partial charge >= 0.3 is 0 Å². The lowest BCUT2D eigenvalue weighted by molar-refractivity contribution is -0.139. The van der Waals surface area contributed by atoms with E-state index in [4.69, 9.17) is 4.74 Å². The fraction of sp³-hybridized carbons (Fsp3) is 0.556. The monoisotopic (exact) mass is 346 g/mol. The van der Waals surface area contributed by atoms with Crippen molar-refractivity contribution in [2.24, 2.45) is 0 Å². The molecule has 2 saturated heterocycles. The van der Waals surface area contributed by atoms with Crippen LogP contribution in [-0.2, 0) is 9.59 Å². The fourth-order valence-corrected chi connectivity index (χ4v) is 3.12. The van der Waals surface area contributed by atoms with Crippen LogP contribution in [0.5, 0.6) is 5.75 Å². The number of benzene rings is 1. The minimum absolute atomic E-state index is 0.0516. The number of ether oxygens (including phenoxy) is 1. The zero-order valence-corrected chi connectivity index (χ0v) is 14.5. The molecule has 0 aromatic heterocycles. The number of hydrogen-bond acceptors (Lipinski definition) is 5. The normalized spacial score (nSPS) is 19.5. The minimum atomic E-state index is -0.0668. The average Bonchev–Trinajstić information content (AvgIpc) is 2.64. The van der Waals surface area contributed by atoms with Crippen molar-refractivity contribution in [2.75, 3.05) is 65.5 Å². The first-order valence-electron chi connectivity index (χ1n) is 8.88. The van der Waals surface area contributed by atoms with Crippen LogP contribution in [0.3, 0.4) is 0 Å². The summed E-state index contributed by atoms with van der Waals surface area (Å²) in [6.45, 7) is 6.94. The maximum atomic E-state index is 12.3. The fourth-order valence-electron chi connectivity index (χ4n) is 3.12. The molecular weight excluding hydrogens is 320 g/mol. The van der Waals surface area contributed by atoms with Crippen molar-refractivity contribution >= 4 is 11.8 Å². The first kappa shape index (κ1) is 17.7. The summed E-state index contributed by atoms with van der Waals surface area (Å²) in [7, 11) is 0. The molecule has 1 aromatic carbocycles. The summed E-state index contributed by atoms with van der Waals surface area (Å²) >= 11 is 0. The average molecular weight is 346 g/mol. The van der Waals surface area contributed by atoms with Crippen LogP contribution in [-0.4, -0.2) is 92.0 Å². The highest BCUT2D eigenvalue weighted by molar-refractivity contribution is 5.86. The van der Waals surface area contributed by atoms with E-state index >= 15 is 0 Å². The van der Waals surface area contributed by atoms with Crippen molar-refractivity contribution in [3.8, 4) is 5.75 Å². The van der Waals surface area contributed by atoms with E-state index in [9.17, 15) is 9.59 Å². The lowest BCUT2D eigenvalue weighted by atomic mass is 10.3. The lowest BCUT2D eigenvalue weighted by Gasteiger charge is -2.35. The van der Waals surface area contributed by atoms with Crippen LogP contribution in [0.4, 0.5) is 0 Å². The molecule has 1 aromatic rings. The Morgan fingerprint density at radius 2 is 1.76 bits per heavy atom. The molecule has 0 atom stereocenters. The standard InChI is InChI=1S/C18H26N4O3/c23-17-14-22(7-6-19-17)18(24)15-21-10-8-20(9-11-21)12-13-25-16-4-2-1-3-5-16/h1-5H,6-15H2,(H,19,23). The number of hydrogen-bond donors (Lipinski definition) is 1. The molecule has 0 unspecified atom stereocenters. The molecule has 136 valence electrons. The van der Waals surface area contributed by atoms with Gasteiger partial charge in [-0.1, -0.05) is 18.2 Å². The van der Waals surface area contributed by atoms with Gasteiger partial charge in [0, 0.05) is 45.8 Å². The van der Waals surface area contributed by atoms with Gasteiger partial charge in [0.25, 0.3) is 0 Å². The molecule has 0 radical (unpaired) electrons. The summed E-state index contributed by atoms with van der Waals surface area (Å²) in [6.07, 6.45) is 0. The number of nitrogens with zero attached hydrogens (tertiary/aromatic N) is 3. The van der Waals surface area contributed by atoms with Gasteiger partial charge in [0.05, 0.1) is 13.1 Å². The Hall–Kier alpha value is -2.12. The predicted octanol–water partition coefficient (Wildman–Crippen LogP) is -0.359. The van der Waals surface area contributed by atoms with E-state index in [0.717, 1.165) is 38.5 Å². The van der Waals surface area contributed by atoms with Crippen molar-refractivity contribution in [3.05, 3.63) is 30.3 Å². The molecule has 0 aliphatic carbocycles. The molecule has 7 nitrogen and oxygen atoms in total. The van der Waals surface area contributed by atoms with Gasteiger partial charge in [-0.05, 0) is 12.1 Å². The molecule has 2 heterocycles. The second kappa shape index (κ2) is 8.82. The van der Waals surface area contributed by atoms with E-state index in [0.29, 0.717) is 26.2 Å². The highest BCUT2D eigenvalue weighted by Crippen LogP contribution is 2.09. The Labute approximate surface area is 148 Å². The van der Waals surface area contributed by atoms with Gasteiger partial charge in [0.1, 0.15) is 12.4 Å². The molecular formula is C18H26N4O3. The molecule has 0 spiro atoms. The Morgan fingerprint density at radius 3 is 2.48 bits per heavy atom. The predicted molar refractivity (Wildman–Crippen MR) is 94.4 cm³/mol. The van der Waals surface area contributed by atoms with Crippen LogP contribution in [0.25, 0.3) is 0 Å². The highest BCUT2D eigenvalue weighted by atomic mass is 16.5. The van der Waals surface area contributed by atoms with E-state index in [2.05, 4.69) is 15.1 Å². The van der Waals surface area contributed by atoms with Gasteiger partial charge in [-0.15, -0.1) is 0 Å². The van der Waals surface area contributed by atoms with Crippen LogP contribution >= 0.6 is 0 Å². The van der Waals surface area contributed by atoms with E-state index in [1.807, 2.05) is 30.3 Å². The summed E-state index contributed by atoms with van der Waals surface area (Å²) in [5.74, 6) is 0.885. The first-order chi connectivity index (χ1) is 12.2. The number of piperazine rings is 2. The molecule has 25 heavy (non-hydrogen) atoms. The van der Waals surface area contributed by atoms with Crippen LogP contribution in [0, 0.1) is 0 Å². The van der Waals surface area contributed by atoms with Crippen LogP contribution in [0.1, 0.15) is 0 Å². The molecule has 0 bridgehead atoms. The maximum Gasteiger partial charge on any atom is 0.239 e. The Morgan fingerprint density at radius 1 is 1.04 bits per heavy atom. The third kappa shape index (κ3) is 5.44. The third-order valence-corrected chi connectivity index (χ3v) is 4.63. The zero-order chi connectivity index (χ0) is 17.5. The van der Waals surface area contributed by atoms with Gasteiger partial charge < -0.3 is 15.0 Å². The highest BCUT2D eigenvalue weighted by Gasteiger charge is 2.24. The van der Waals surface area contributed by atoms with E-state index in [1.54, 1.807) is 4.90 Å². The lowest BCUT2D eigenvalue weighted by Crippen LogP contribution is -2.54. The smallest absolute Gasteiger partial charge is 0.239 e. The van der Waals surface area contributed by atoms with Gasteiger partial charge in [-0.3, -0.25) is 19.4 Å². The minimum Gasteiger partial charge on any atom is -0.492 e. The third-order valence-electron chi connectivity index (χ3n) is 4.63. The SMILES string of the molecule is O=C1CN(C(=O)CN2CCN(CCOc3ccccc3)CC2)CCN1. The van der Waals surface area contributed by atoms with Crippen LogP contribution in [0.2, 0.25) is 0 Å². The van der Waals surface area contributed by atoms with Crippen LogP contribution in [0.15, 0.2) is 30.3 Å².